The van der Waals surface area contributed by atoms with Crippen LogP contribution >= 0.6 is 0 Å². The Labute approximate surface area is 147 Å². The first kappa shape index (κ1) is 18.0. The van der Waals surface area contributed by atoms with Gasteiger partial charge in [-0.3, -0.25) is 4.79 Å². The molecule has 0 aliphatic heterocycles. The normalized spacial score (nSPS) is 19.7. The van der Waals surface area contributed by atoms with Crippen molar-refractivity contribution in [2.24, 2.45) is 5.92 Å². The molecular weight excluding hydrogens is 347 g/mol. The fourth-order valence-electron chi connectivity index (χ4n) is 3.01. The van der Waals surface area contributed by atoms with Crippen molar-refractivity contribution in [3.05, 3.63) is 70.5 Å². The first-order chi connectivity index (χ1) is 12.3. The fraction of sp³-hybridized carbons (Fsp3) is 0.263. The van der Waals surface area contributed by atoms with Crippen LogP contribution in [-0.4, -0.2) is 17.0 Å². The number of hydrogen-bond donors (Lipinski definition) is 2. The smallest absolute Gasteiger partial charge is 0.330 e. The molecule has 0 aromatic heterocycles. The summed E-state index contributed by atoms with van der Waals surface area (Å²) in [5, 5.41) is 11.8. The molecular formula is C19H16F3NO3. The maximum atomic E-state index is 13.8. The van der Waals surface area contributed by atoms with Crippen LogP contribution in [0.3, 0.4) is 0 Å². The predicted octanol–water partition coefficient (Wildman–Crippen LogP) is 3.46. The largest absolute Gasteiger partial charge is 0.479 e. The highest BCUT2D eigenvalue weighted by molar-refractivity contribution is 5.88. The summed E-state index contributed by atoms with van der Waals surface area (Å²) < 4.78 is 40.5. The predicted molar refractivity (Wildman–Crippen MR) is 86.9 cm³/mol. The van der Waals surface area contributed by atoms with Gasteiger partial charge in [-0.1, -0.05) is 12.1 Å². The van der Waals surface area contributed by atoms with Gasteiger partial charge in [-0.05, 0) is 60.2 Å². The molecule has 26 heavy (non-hydrogen) atoms. The molecule has 7 heteroatoms. The van der Waals surface area contributed by atoms with Gasteiger partial charge in [0.05, 0.1) is 0 Å². The van der Waals surface area contributed by atoms with Gasteiger partial charge in [0.1, 0.15) is 17.5 Å². The lowest BCUT2D eigenvalue weighted by molar-refractivity contribution is -0.142. The van der Waals surface area contributed by atoms with Crippen LogP contribution in [0.2, 0.25) is 0 Å². The Morgan fingerprint density at radius 1 is 1.12 bits per heavy atom. The average molecular weight is 363 g/mol. The highest BCUT2D eigenvalue weighted by Gasteiger charge is 2.46. The van der Waals surface area contributed by atoms with Crippen LogP contribution in [0.25, 0.3) is 0 Å². The Kier molecular flexibility index (Phi) is 4.71. The second-order valence-corrected chi connectivity index (χ2v) is 6.40. The van der Waals surface area contributed by atoms with E-state index in [1.54, 1.807) is 0 Å². The van der Waals surface area contributed by atoms with Crippen LogP contribution in [-0.2, 0) is 9.59 Å². The minimum atomic E-state index is -1.35. The maximum absolute atomic E-state index is 13.8. The summed E-state index contributed by atoms with van der Waals surface area (Å²) in [5.74, 6) is -4.65. The third-order valence-electron chi connectivity index (χ3n) is 4.53. The maximum Gasteiger partial charge on any atom is 0.330 e. The summed E-state index contributed by atoms with van der Waals surface area (Å²) in [7, 11) is 0. The number of rotatable bonds is 5. The first-order valence-electron chi connectivity index (χ1n) is 8.02. The molecule has 3 atom stereocenters. The molecule has 3 unspecified atom stereocenters. The Bertz CT molecular complexity index is 884. The average Bonchev–Trinajstić information content (AvgIpc) is 3.37. The van der Waals surface area contributed by atoms with Crippen LogP contribution in [0.15, 0.2) is 36.4 Å². The Hall–Kier alpha value is -2.83. The lowest BCUT2D eigenvalue weighted by Crippen LogP contribution is -2.35. The summed E-state index contributed by atoms with van der Waals surface area (Å²) in [6.45, 7) is 1.49. The Balaban J connectivity index is 1.74. The number of amides is 1. The van der Waals surface area contributed by atoms with Gasteiger partial charge >= 0.3 is 5.97 Å². The number of aliphatic carboxylic acids is 1. The molecule has 0 saturated heterocycles. The molecule has 1 saturated carbocycles. The van der Waals surface area contributed by atoms with Gasteiger partial charge in [0.15, 0.2) is 6.04 Å². The minimum absolute atomic E-state index is 0.106. The van der Waals surface area contributed by atoms with Crippen molar-refractivity contribution >= 4 is 11.9 Å². The van der Waals surface area contributed by atoms with Gasteiger partial charge in [0, 0.05) is 5.92 Å². The third kappa shape index (κ3) is 3.56. The second-order valence-electron chi connectivity index (χ2n) is 6.40. The summed E-state index contributed by atoms with van der Waals surface area (Å²) in [4.78, 5) is 23.9. The topological polar surface area (TPSA) is 66.4 Å². The number of benzene rings is 2. The molecule has 136 valence electrons. The molecule has 3 rings (SSSR count). The van der Waals surface area contributed by atoms with E-state index in [0.717, 1.165) is 24.3 Å². The molecule has 4 nitrogen and oxygen atoms in total. The van der Waals surface area contributed by atoms with Crippen LogP contribution in [0.1, 0.15) is 35.1 Å². The molecule has 0 spiro atoms. The number of carboxylic acid groups (broad SMARTS) is 1. The monoisotopic (exact) mass is 363 g/mol. The van der Waals surface area contributed by atoms with E-state index in [0.29, 0.717) is 6.42 Å². The number of nitrogens with one attached hydrogen (secondary N) is 1. The summed E-state index contributed by atoms with van der Waals surface area (Å²) in [6.07, 6.45) is 0.307. The molecule has 1 fully saturated rings. The molecule has 2 aromatic rings. The van der Waals surface area contributed by atoms with Gasteiger partial charge in [0.25, 0.3) is 0 Å². The summed E-state index contributed by atoms with van der Waals surface area (Å²) >= 11 is 0. The quantitative estimate of drug-likeness (QED) is 0.855. The van der Waals surface area contributed by atoms with Crippen molar-refractivity contribution in [2.45, 2.75) is 25.3 Å². The summed E-state index contributed by atoms with van der Waals surface area (Å²) in [5.41, 5.74) is 0.600. The van der Waals surface area contributed by atoms with Crippen LogP contribution < -0.4 is 5.32 Å². The molecule has 1 aliphatic rings. The van der Waals surface area contributed by atoms with Crippen molar-refractivity contribution < 1.29 is 27.9 Å². The number of carbonyl (C=O) groups excluding carboxylic acids is 1. The van der Waals surface area contributed by atoms with E-state index in [9.17, 15) is 27.9 Å². The minimum Gasteiger partial charge on any atom is -0.479 e. The molecule has 0 radical (unpaired) electrons. The zero-order valence-electron chi connectivity index (χ0n) is 13.8. The lowest BCUT2D eigenvalue weighted by Gasteiger charge is -2.16. The number of halogens is 3. The van der Waals surface area contributed by atoms with Crippen molar-refractivity contribution in [1.82, 2.24) is 5.32 Å². The second kappa shape index (κ2) is 6.82. The molecule has 2 N–H and O–H groups in total. The number of hydrogen-bond acceptors (Lipinski definition) is 2. The standard InChI is InChI=1S/C19H16F3NO3/c1-9-6-10(2-4-15(9)21)17(19(25)26)23-18(24)14-8-12(14)13-7-11(20)3-5-16(13)22/h2-7,12,14,17H,8H2,1H3,(H,23,24)(H,25,26). The number of aryl methyl sites for hydroxylation is 1. The van der Waals surface area contributed by atoms with Gasteiger partial charge in [-0.15, -0.1) is 0 Å². The Morgan fingerprint density at radius 3 is 2.46 bits per heavy atom. The molecule has 2 aromatic carbocycles. The van der Waals surface area contributed by atoms with Crippen molar-refractivity contribution in [2.75, 3.05) is 0 Å². The van der Waals surface area contributed by atoms with Crippen molar-refractivity contribution in [1.29, 1.82) is 0 Å². The van der Waals surface area contributed by atoms with Gasteiger partial charge in [-0.2, -0.15) is 0 Å². The van der Waals surface area contributed by atoms with E-state index < -0.39 is 47.2 Å². The molecule has 0 heterocycles. The fourth-order valence-corrected chi connectivity index (χ4v) is 3.01. The van der Waals surface area contributed by atoms with Crippen LogP contribution in [0, 0.1) is 30.3 Å². The van der Waals surface area contributed by atoms with E-state index in [1.165, 1.54) is 19.1 Å². The first-order valence-corrected chi connectivity index (χ1v) is 8.02. The highest BCUT2D eigenvalue weighted by atomic mass is 19.1. The van der Waals surface area contributed by atoms with Gasteiger partial charge in [0.2, 0.25) is 5.91 Å². The highest BCUT2D eigenvalue weighted by Crippen LogP contribution is 2.48. The van der Waals surface area contributed by atoms with E-state index >= 15 is 0 Å². The zero-order chi connectivity index (χ0) is 19.0. The van der Waals surface area contributed by atoms with Crippen LogP contribution in [0.5, 0.6) is 0 Å². The third-order valence-corrected chi connectivity index (χ3v) is 4.53. The van der Waals surface area contributed by atoms with Crippen LogP contribution in [0.4, 0.5) is 13.2 Å². The van der Waals surface area contributed by atoms with Gasteiger partial charge < -0.3 is 10.4 Å². The van der Waals surface area contributed by atoms with E-state index in [-0.39, 0.29) is 16.7 Å². The Morgan fingerprint density at radius 2 is 1.81 bits per heavy atom. The SMILES string of the molecule is Cc1cc(C(NC(=O)C2CC2c2cc(F)ccc2F)C(=O)O)ccc1F. The van der Waals surface area contributed by atoms with Crippen molar-refractivity contribution in [3.8, 4) is 0 Å². The molecule has 0 bridgehead atoms. The lowest BCUT2D eigenvalue weighted by atomic mass is 10.0. The number of carboxylic acids is 1. The molecule has 1 amide bonds. The molecule has 1 aliphatic carbocycles. The van der Waals surface area contributed by atoms with Gasteiger partial charge in [-0.25, -0.2) is 18.0 Å². The zero-order valence-corrected chi connectivity index (χ0v) is 13.8. The van der Waals surface area contributed by atoms with E-state index in [2.05, 4.69) is 5.32 Å². The van der Waals surface area contributed by atoms with E-state index in [1.807, 2.05) is 0 Å². The van der Waals surface area contributed by atoms with E-state index in [4.69, 9.17) is 0 Å². The number of carbonyl (C=O) groups is 2. The van der Waals surface area contributed by atoms with Crippen molar-refractivity contribution in [3.63, 3.8) is 0 Å². The summed E-state index contributed by atoms with van der Waals surface area (Å²) in [6, 6.07) is 5.47.